The summed E-state index contributed by atoms with van der Waals surface area (Å²) >= 11 is 4.88. The lowest BCUT2D eigenvalue weighted by atomic mass is 9.88. The summed E-state index contributed by atoms with van der Waals surface area (Å²) < 4.78 is 0.962. The molecule has 1 atom stereocenters. The van der Waals surface area contributed by atoms with Gasteiger partial charge in [-0.1, -0.05) is 41.9 Å². The number of carbonyl (C=O) groups excluding carboxylic acids is 1. The fourth-order valence-electron chi connectivity index (χ4n) is 2.09. The van der Waals surface area contributed by atoms with Crippen molar-refractivity contribution in [2.45, 2.75) is 32.7 Å². The average molecular weight is 411 g/mol. The molecule has 0 saturated carbocycles. The van der Waals surface area contributed by atoms with Crippen LogP contribution in [0.3, 0.4) is 0 Å². The Labute approximate surface area is 153 Å². The van der Waals surface area contributed by atoms with Crippen molar-refractivity contribution in [3.05, 3.63) is 39.8 Å². The molecule has 0 spiro atoms. The fourth-order valence-corrected chi connectivity index (χ4v) is 3.30. The van der Waals surface area contributed by atoms with Gasteiger partial charge >= 0.3 is 5.97 Å². The van der Waals surface area contributed by atoms with Gasteiger partial charge < -0.3 is 10.4 Å². The van der Waals surface area contributed by atoms with Gasteiger partial charge in [-0.25, -0.2) is 9.78 Å². The van der Waals surface area contributed by atoms with E-state index in [4.69, 9.17) is 0 Å². The zero-order chi connectivity index (χ0) is 17.9. The predicted molar refractivity (Wildman–Crippen MR) is 98.0 cm³/mol. The molecule has 0 saturated heterocycles. The number of benzene rings is 1. The Morgan fingerprint density at radius 3 is 2.71 bits per heavy atom. The van der Waals surface area contributed by atoms with E-state index in [0.29, 0.717) is 5.69 Å². The first-order chi connectivity index (χ1) is 11.2. The van der Waals surface area contributed by atoms with E-state index in [0.717, 1.165) is 15.0 Å². The number of hydrogen-bond acceptors (Lipinski definition) is 4. The minimum absolute atomic E-state index is 0.0556. The van der Waals surface area contributed by atoms with Crippen molar-refractivity contribution in [3.8, 4) is 10.6 Å². The number of halogens is 1. The molecule has 1 heterocycles. The number of carboxylic acid groups (broad SMARTS) is 1. The highest BCUT2D eigenvalue weighted by molar-refractivity contribution is 9.10. The van der Waals surface area contributed by atoms with Crippen molar-refractivity contribution < 1.29 is 14.7 Å². The maximum Gasteiger partial charge on any atom is 0.329 e. The Kier molecular flexibility index (Phi) is 5.77. The first-order valence-electron chi connectivity index (χ1n) is 7.47. The lowest BCUT2D eigenvalue weighted by molar-refractivity contribution is -0.148. The molecule has 2 rings (SSSR count). The van der Waals surface area contributed by atoms with Gasteiger partial charge in [-0.2, -0.15) is 0 Å². The van der Waals surface area contributed by atoms with Gasteiger partial charge in [0.15, 0.2) is 0 Å². The largest absolute Gasteiger partial charge is 0.480 e. The van der Waals surface area contributed by atoms with E-state index in [1.54, 1.807) is 13.8 Å². The Bertz CT molecular complexity index is 760. The number of nitrogens with zero attached hydrogens (tertiary/aromatic N) is 1. The second-order valence-electron chi connectivity index (χ2n) is 6.04. The van der Waals surface area contributed by atoms with Crippen molar-refractivity contribution in [1.29, 1.82) is 0 Å². The highest BCUT2D eigenvalue weighted by atomic mass is 79.9. The molecule has 0 aliphatic rings. The van der Waals surface area contributed by atoms with Gasteiger partial charge in [-0.05, 0) is 25.0 Å². The van der Waals surface area contributed by atoms with Crippen LogP contribution in [-0.4, -0.2) is 27.5 Å². The third kappa shape index (κ3) is 4.21. The number of aliphatic carboxylic acids is 1. The molecular weight excluding hydrogens is 392 g/mol. The van der Waals surface area contributed by atoms with Gasteiger partial charge in [0, 0.05) is 15.4 Å². The first kappa shape index (κ1) is 18.6. The van der Waals surface area contributed by atoms with Crippen LogP contribution in [-0.2, 0) is 16.0 Å². The summed E-state index contributed by atoms with van der Waals surface area (Å²) in [5, 5.41) is 14.6. The molecule has 7 heteroatoms. The summed E-state index contributed by atoms with van der Waals surface area (Å²) in [5.74, 6) is -1.62. The van der Waals surface area contributed by atoms with Gasteiger partial charge in [-0.3, -0.25) is 4.79 Å². The van der Waals surface area contributed by atoms with Gasteiger partial charge in [0.1, 0.15) is 10.5 Å². The first-order valence-corrected chi connectivity index (χ1v) is 9.14. The predicted octanol–water partition coefficient (Wildman–Crippen LogP) is 3.73. The molecule has 128 valence electrons. The second kappa shape index (κ2) is 7.44. The Balaban J connectivity index is 2.09. The van der Waals surface area contributed by atoms with Crippen molar-refractivity contribution >= 4 is 39.1 Å². The van der Waals surface area contributed by atoms with Crippen molar-refractivity contribution in [1.82, 2.24) is 10.3 Å². The van der Waals surface area contributed by atoms with E-state index >= 15 is 0 Å². The number of nitrogens with one attached hydrogen (secondary N) is 1. The summed E-state index contributed by atoms with van der Waals surface area (Å²) in [6.45, 7) is 5.05. The molecular formula is C17H19BrN2O3S. The van der Waals surface area contributed by atoms with E-state index < -0.39 is 11.5 Å². The molecule has 0 radical (unpaired) electrons. The standard InChI is InChI=1S/C17H19BrN2O3S/c1-10(2)17(3,16(22)23)20-14(21)8-13-9-24-15(19-13)11-5-4-6-12(18)7-11/h4-7,9-10H,8H2,1-3H3,(H,20,21)(H,22,23). The normalized spacial score (nSPS) is 13.5. The van der Waals surface area contributed by atoms with Crippen LogP contribution in [0.1, 0.15) is 26.5 Å². The van der Waals surface area contributed by atoms with E-state index in [2.05, 4.69) is 26.2 Å². The van der Waals surface area contributed by atoms with Crippen LogP contribution in [0, 0.1) is 5.92 Å². The zero-order valence-electron chi connectivity index (χ0n) is 13.7. The van der Waals surface area contributed by atoms with Gasteiger partial charge in [0.25, 0.3) is 0 Å². The number of amides is 1. The SMILES string of the molecule is CC(C)C(C)(NC(=O)Cc1csc(-c2cccc(Br)c2)n1)C(=O)O. The smallest absolute Gasteiger partial charge is 0.329 e. The molecule has 5 nitrogen and oxygen atoms in total. The molecule has 0 bridgehead atoms. The fraction of sp³-hybridized carbons (Fsp3) is 0.353. The Morgan fingerprint density at radius 1 is 1.42 bits per heavy atom. The lowest BCUT2D eigenvalue weighted by Gasteiger charge is -2.30. The minimum Gasteiger partial charge on any atom is -0.480 e. The maximum absolute atomic E-state index is 12.2. The third-order valence-corrected chi connectivity index (χ3v) is 5.40. The van der Waals surface area contributed by atoms with E-state index in [9.17, 15) is 14.7 Å². The molecule has 1 aromatic carbocycles. The number of carbonyl (C=O) groups is 2. The molecule has 2 aromatic rings. The molecule has 2 N–H and O–H groups in total. The quantitative estimate of drug-likeness (QED) is 0.759. The average Bonchev–Trinajstić information content (AvgIpc) is 2.95. The summed E-state index contributed by atoms with van der Waals surface area (Å²) in [6.07, 6.45) is 0.0556. The second-order valence-corrected chi connectivity index (χ2v) is 7.82. The van der Waals surface area contributed by atoms with Crippen LogP contribution in [0.4, 0.5) is 0 Å². The lowest BCUT2D eigenvalue weighted by Crippen LogP contribution is -2.56. The molecule has 1 amide bonds. The number of carboxylic acids is 1. The molecule has 1 aromatic heterocycles. The number of rotatable bonds is 6. The van der Waals surface area contributed by atoms with Gasteiger partial charge in [0.05, 0.1) is 12.1 Å². The highest BCUT2D eigenvalue weighted by Gasteiger charge is 2.38. The van der Waals surface area contributed by atoms with Crippen LogP contribution in [0.5, 0.6) is 0 Å². The van der Waals surface area contributed by atoms with Crippen LogP contribution >= 0.6 is 27.3 Å². The van der Waals surface area contributed by atoms with E-state index in [1.165, 1.54) is 18.3 Å². The molecule has 0 fully saturated rings. The summed E-state index contributed by atoms with van der Waals surface area (Å²) in [4.78, 5) is 28.1. The molecule has 0 aliphatic carbocycles. The highest BCUT2D eigenvalue weighted by Crippen LogP contribution is 2.26. The number of hydrogen-bond donors (Lipinski definition) is 2. The molecule has 1 unspecified atom stereocenters. The zero-order valence-corrected chi connectivity index (χ0v) is 16.1. The van der Waals surface area contributed by atoms with Crippen molar-refractivity contribution in [2.24, 2.45) is 5.92 Å². The van der Waals surface area contributed by atoms with Crippen molar-refractivity contribution in [2.75, 3.05) is 0 Å². The maximum atomic E-state index is 12.2. The monoisotopic (exact) mass is 410 g/mol. The molecule has 24 heavy (non-hydrogen) atoms. The summed E-state index contributed by atoms with van der Waals surface area (Å²) in [5.41, 5.74) is 0.308. The summed E-state index contributed by atoms with van der Waals surface area (Å²) in [6, 6.07) is 7.77. The van der Waals surface area contributed by atoms with Crippen LogP contribution < -0.4 is 5.32 Å². The van der Waals surface area contributed by atoms with Crippen LogP contribution in [0.2, 0.25) is 0 Å². The van der Waals surface area contributed by atoms with Crippen LogP contribution in [0.25, 0.3) is 10.6 Å². The Morgan fingerprint density at radius 2 is 2.12 bits per heavy atom. The Hall–Kier alpha value is -1.73. The topological polar surface area (TPSA) is 79.3 Å². The van der Waals surface area contributed by atoms with Crippen molar-refractivity contribution in [3.63, 3.8) is 0 Å². The molecule has 0 aliphatic heterocycles. The van der Waals surface area contributed by atoms with Crippen LogP contribution in [0.15, 0.2) is 34.1 Å². The van der Waals surface area contributed by atoms with E-state index in [1.807, 2.05) is 29.6 Å². The minimum atomic E-state index is -1.29. The number of thiazole rings is 1. The van der Waals surface area contributed by atoms with E-state index in [-0.39, 0.29) is 18.2 Å². The third-order valence-electron chi connectivity index (χ3n) is 3.96. The van der Waals surface area contributed by atoms with Gasteiger partial charge in [-0.15, -0.1) is 11.3 Å². The number of aromatic nitrogens is 1. The van der Waals surface area contributed by atoms with Gasteiger partial charge in [0.2, 0.25) is 5.91 Å². The summed E-state index contributed by atoms with van der Waals surface area (Å²) in [7, 11) is 0.